The summed E-state index contributed by atoms with van der Waals surface area (Å²) in [6, 6.07) is 0. The number of hydrogen-bond donors (Lipinski definition) is 1. The van der Waals surface area contributed by atoms with Crippen molar-refractivity contribution in [2.75, 3.05) is 7.05 Å². The third kappa shape index (κ3) is 1.58. The Labute approximate surface area is 69.3 Å². The van der Waals surface area contributed by atoms with E-state index in [9.17, 15) is 8.42 Å². The summed E-state index contributed by atoms with van der Waals surface area (Å²) in [4.78, 5) is 3.83. The summed E-state index contributed by atoms with van der Waals surface area (Å²) >= 11 is 1.12. The maximum atomic E-state index is 11.1. The van der Waals surface area contributed by atoms with Gasteiger partial charge in [-0.05, 0) is 14.0 Å². The second-order valence-electron chi connectivity index (χ2n) is 1.93. The number of nitrogens with one attached hydrogen (secondary N) is 1. The predicted molar refractivity (Wildman–Crippen MR) is 43.1 cm³/mol. The maximum absolute atomic E-state index is 11.1. The summed E-state index contributed by atoms with van der Waals surface area (Å²) < 4.78 is 24.8. The molecule has 6 heteroatoms. The molecule has 1 N–H and O–H groups in total. The van der Waals surface area contributed by atoms with Gasteiger partial charge in [-0.2, -0.15) is 0 Å². The highest BCUT2D eigenvalue weighted by Crippen LogP contribution is 2.17. The van der Waals surface area contributed by atoms with Crippen molar-refractivity contribution in [1.29, 1.82) is 0 Å². The van der Waals surface area contributed by atoms with Crippen molar-refractivity contribution in [3.05, 3.63) is 11.2 Å². The lowest BCUT2D eigenvalue weighted by Gasteiger charge is -1.97. The Bertz CT molecular complexity index is 341. The highest BCUT2D eigenvalue weighted by molar-refractivity contribution is 7.91. The van der Waals surface area contributed by atoms with Gasteiger partial charge < -0.3 is 0 Å². The largest absolute Gasteiger partial charge is 0.251 e. The minimum atomic E-state index is -3.28. The van der Waals surface area contributed by atoms with E-state index in [1.54, 1.807) is 6.92 Å². The first kappa shape index (κ1) is 8.63. The van der Waals surface area contributed by atoms with Crippen molar-refractivity contribution in [3.63, 3.8) is 0 Å². The topological polar surface area (TPSA) is 59.1 Å². The second-order valence-corrected chi connectivity index (χ2v) is 4.87. The van der Waals surface area contributed by atoms with Crippen LogP contribution in [0.2, 0.25) is 0 Å². The van der Waals surface area contributed by atoms with Crippen molar-refractivity contribution in [2.24, 2.45) is 0 Å². The van der Waals surface area contributed by atoms with Gasteiger partial charge in [0.15, 0.2) is 4.21 Å². The molecule has 0 unspecified atom stereocenters. The molecule has 0 aliphatic carbocycles. The fourth-order valence-electron chi connectivity index (χ4n) is 0.642. The molecule has 62 valence electrons. The molecule has 0 bridgehead atoms. The Balaban J connectivity index is 3.22. The van der Waals surface area contributed by atoms with E-state index < -0.39 is 10.0 Å². The first-order valence-corrected chi connectivity index (χ1v) is 5.28. The molecule has 0 aromatic carbocycles. The molecule has 0 radical (unpaired) electrons. The highest BCUT2D eigenvalue weighted by atomic mass is 32.2. The van der Waals surface area contributed by atoms with E-state index in [-0.39, 0.29) is 0 Å². The monoisotopic (exact) mass is 192 g/mol. The van der Waals surface area contributed by atoms with Crippen molar-refractivity contribution in [2.45, 2.75) is 11.1 Å². The average molecular weight is 192 g/mol. The third-order valence-corrected chi connectivity index (χ3v) is 4.20. The van der Waals surface area contributed by atoms with Gasteiger partial charge in [0.2, 0.25) is 0 Å². The molecule has 0 aliphatic heterocycles. The molecular weight excluding hydrogens is 184 g/mol. The summed E-state index contributed by atoms with van der Waals surface area (Å²) in [5.41, 5.74) is 2.06. The zero-order chi connectivity index (χ0) is 8.48. The molecule has 0 amide bonds. The maximum Gasteiger partial charge on any atom is 0.251 e. The molecule has 1 rings (SSSR count). The van der Waals surface area contributed by atoms with Crippen LogP contribution in [0.15, 0.2) is 9.72 Å². The minimum absolute atomic E-state index is 0.292. The number of aromatic nitrogens is 1. The Morgan fingerprint density at radius 1 is 1.64 bits per heavy atom. The molecule has 1 aromatic heterocycles. The summed E-state index contributed by atoms with van der Waals surface area (Å²) in [6.07, 6.45) is 0. The van der Waals surface area contributed by atoms with E-state index in [4.69, 9.17) is 0 Å². The van der Waals surface area contributed by atoms with Crippen molar-refractivity contribution >= 4 is 21.4 Å². The van der Waals surface area contributed by atoms with Crippen LogP contribution < -0.4 is 4.72 Å². The van der Waals surface area contributed by atoms with Crippen LogP contribution in [-0.2, 0) is 10.0 Å². The number of thiazole rings is 1. The summed E-state index contributed by atoms with van der Waals surface area (Å²) in [5, 5.41) is 0. The molecule has 0 fully saturated rings. The van der Waals surface area contributed by atoms with Gasteiger partial charge in [-0.3, -0.25) is 0 Å². The second kappa shape index (κ2) is 2.88. The Morgan fingerprint density at radius 2 is 2.27 bits per heavy atom. The zero-order valence-electron chi connectivity index (χ0n) is 6.16. The van der Waals surface area contributed by atoms with Crippen LogP contribution in [-0.4, -0.2) is 20.4 Å². The van der Waals surface area contributed by atoms with Crippen molar-refractivity contribution in [1.82, 2.24) is 9.71 Å². The van der Waals surface area contributed by atoms with Crippen LogP contribution in [0, 0.1) is 6.92 Å². The standard InChI is InChI=1S/C5H8N2O2S2/c1-4-5(10-3-7-4)11(8,9)6-2/h3,6H,1-2H3. The predicted octanol–water partition coefficient (Wildman–Crippen LogP) is 0.360. The Morgan fingerprint density at radius 3 is 2.64 bits per heavy atom. The molecule has 1 heterocycles. The van der Waals surface area contributed by atoms with Crippen LogP contribution in [0.1, 0.15) is 5.69 Å². The molecule has 0 saturated heterocycles. The summed E-state index contributed by atoms with van der Waals surface area (Å²) in [6.45, 7) is 1.67. The fraction of sp³-hybridized carbons (Fsp3) is 0.400. The molecule has 11 heavy (non-hydrogen) atoms. The van der Waals surface area contributed by atoms with Crippen molar-refractivity contribution < 1.29 is 8.42 Å². The SMILES string of the molecule is CNS(=O)(=O)c1scnc1C. The van der Waals surface area contributed by atoms with Crippen LogP contribution in [0.5, 0.6) is 0 Å². The van der Waals surface area contributed by atoms with Crippen LogP contribution in [0.25, 0.3) is 0 Å². The zero-order valence-corrected chi connectivity index (χ0v) is 7.79. The van der Waals surface area contributed by atoms with Crippen LogP contribution in [0.3, 0.4) is 0 Å². The molecule has 1 aromatic rings. The molecule has 4 nitrogen and oxygen atoms in total. The Kier molecular flexibility index (Phi) is 2.26. The number of hydrogen-bond acceptors (Lipinski definition) is 4. The van der Waals surface area contributed by atoms with Gasteiger partial charge in [-0.15, -0.1) is 11.3 Å². The first-order valence-electron chi connectivity index (χ1n) is 2.91. The number of nitrogens with zero attached hydrogens (tertiary/aromatic N) is 1. The summed E-state index contributed by atoms with van der Waals surface area (Å²) in [5.74, 6) is 0. The van der Waals surface area contributed by atoms with Gasteiger partial charge in [-0.25, -0.2) is 18.1 Å². The average Bonchev–Trinajstić information content (AvgIpc) is 2.36. The van der Waals surface area contributed by atoms with E-state index in [0.29, 0.717) is 9.90 Å². The van der Waals surface area contributed by atoms with E-state index in [0.717, 1.165) is 11.3 Å². The lowest BCUT2D eigenvalue weighted by molar-refractivity contribution is 0.589. The quantitative estimate of drug-likeness (QED) is 0.736. The van der Waals surface area contributed by atoms with Gasteiger partial charge in [0, 0.05) is 0 Å². The van der Waals surface area contributed by atoms with Gasteiger partial charge in [0.05, 0.1) is 11.2 Å². The number of sulfonamides is 1. The molecular formula is C5H8N2O2S2. The van der Waals surface area contributed by atoms with Gasteiger partial charge in [0.25, 0.3) is 10.0 Å². The fourth-order valence-corrected chi connectivity index (χ4v) is 2.68. The number of aryl methyl sites for hydroxylation is 1. The minimum Gasteiger partial charge on any atom is -0.249 e. The number of rotatable bonds is 2. The van der Waals surface area contributed by atoms with E-state index in [1.807, 2.05) is 0 Å². The lowest BCUT2D eigenvalue weighted by atomic mass is 10.6. The highest BCUT2D eigenvalue weighted by Gasteiger charge is 2.16. The van der Waals surface area contributed by atoms with Crippen molar-refractivity contribution in [3.8, 4) is 0 Å². The van der Waals surface area contributed by atoms with Crippen LogP contribution in [0.4, 0.5) is 0 Å². The normalized spacial score (nSPS) is 11.8. The molecule has 0 atom stereocenters. The smallest absolute Gasteiger partial charge is 0.249 e. The van der Waals surface area contributed by atoms with E-state index in [1.165, 1.54) is 12.6 Å². The van der Waals surface area contributed by atoms with Crippen LogP contribution >= 0.6 is 11.3 Å². The van der Waals surface area contributed by atoms with E-state index >= 15 is 0 Å². The third-order valence-electron chi connectivity index (χ3n) is 1.21. The first-order chi connectivity index (χ1) is 5.08. The van der Waals surface area contributed by atoms with E-state index in [2.05, 4.69) is 9.71 Å². The molecule has 0 saturated carbocycles. The summed E-state index contributed by atoms with van der Waals surface area (Å²) in [7, 11) is -1.90. The van der Waals surface area contributed by atoms with Gasteiger partial charge >= 0.3 is 0 Å². The Hall–Kier alpha value is -0.460. The molecule has 0 spiro atoms. The van der Waals surface area contributed by atoms with Gasteiger partial charge in [-0.1, -0.05) is 0 Å². The van der Waals surface area contributed by atoms with Gasteiger partial charge in [0.1, 0.15) is 0 Å². The molecule has 0 aliphatic rings. The lowest BCUT2D eigenvalue weighted by Crippen LogP contribution is -2.18.